The molecule has 0 radical (unpaired) electrons. The Hall–Kier alpha value is -0.930. The zero-order valence-electron chi connectivity index (χ0n) is 10.7. The van der Waals surface area contributed by atoms with E-state index in [0.29, 0.717) is 6.04 Å². The van der Waals surface area contributed by atoms with Gasteiger partial charge in [0.1, 0.15) is 0 Å². The predicted octanol–water partition coefficient (Wildman–Crippen LogP) is 2.22. The molecule has 0 aliphatic carbocycles. The molecular formula is C14H23N3. The quantitative estimate of drug-likeness (QED) is 0.764. The van der Waals surface area contributed by atoms with Crippen LogP contribution in [-0.2, 0) is 0 Å². The van der Waals surface area contributed by atoms with Crippen molar-refractivity contribution in [1.29, 1.82) is 0 Å². The highest BCUT2D eigenvalue weighted by atomic mass is 15.1. The molecule has 1 fully saturated rings. The molecule has 0 aromatic carbocycles. The van der Waals surface area contributed by atoms with E-state index < -0.39 is 0 Å². The molecule has 1 aliphatic heterocycles. The summed E-state index contributed by atoms with van der Waals surface area (Å²) in [6, 6.07) is 4.59. The minimum atomic E-state index is 0.427. The van der Waals surface area contributed by atoms with E-state index in [4.69, 9.17) is 0 Å². The van der Waals surface area contributed by atoms with Gasteiger partial charge in [-0.1, -0.05) is 0 Å². The maximum Gasteiger partial charge on any atom is 0.0292 e. The molecule has 2 rings (SSSR count). The average Bonchev–Trinajstić information content (AvgIpc) is 2.88. The Morgan fingerprint density at radius 2 is 2.00 bits per heavy atom. The SMILES string of the molecule is CC(NCCCN1CCCC1)c1ccncc1. The molecule has 1 aliphatic rings. The van der Waals surface area contributed by atoms with Gasteiger partial charge in [-0.2, -0.15) is 0 Å². The fourth-order valence-electron chi connectivity index (χ4n) is 2.40. The third kappa shape index (κ3) is 4.10. The summed E-state index contributed by atoms with van der Waals surface area (Å²) in [5.41, 5.74) is 1.32. The van der Waals surface area contributed by atoms with Crippen LogP contribution in [0.25, 0.3) is 0 Å². The van der Waals surface area contributed by atoms with Crippen LogP contribution in [0.1, 0.15) is 37.8 Å². The molecule has 1 unspecified atom stereocenters. The van der Waals surface area contributed by atoms with Crippen molar-refractivity contribution < 1.29 is 0 Å². The van der Waals surface area contributed by atoms with Crippen molar-refractivity contribution in [3.05, 3.63) is 30.1 Å². The second-order valence-electron chi connectivity index (χ2n) is 4.86. The summed E-state index contributed by atoms with van der Waals surface area (Å²) in [6.07, 6.45) is 7.74. The third-order valence-electron chi connectivity index (χ3n) is 3.51. The van der Waals surface area contributed by atoms with Gasteiger partial charge >= 0.3 is 0 Å². The molecular weight excluding hydrogens is 210 g/mol. The number of likely N-dealkylation sites (tertiary alicyclic amines) is 1. The molecule has 0 spiro atoms. The van der Waals surface area contributed by atoms with E-state index >= 15 is 0 Å². The predicted molar refractivity (Wildman–Crippen MR) is 70.9 cm³/mol. The first-order valence-electron chi connectivity index (χ1n) is 6.72. The molecule has 0 saturated carbocycles. The lowest BCUT2D eigenvalue weighted by atomic mass is 10.1. The van der Waals surface area contributed by atoms with Crippen LogP contribution < -0.4 is 5.32 Å². The number of rotatable bonds is 6. The minimum Gasteiger partial charge on any atom is -0.310 e. The normalized spacial score (nSPS) is 18.4. The van der Waals surface area contributed by atoms with Crippen molar-refractivity contribution >= 4 is 0 Å². The molecule has 17 heavy (non-hydrogen) atoms. The molecule has 3 heteroatoms. The largest absolute Gasteiger partial charge is 0.310 e. The summed E-state index contributed by atoms with van der Waals surface area (Å²) < 4.78 is 0. The van der Waals surface area contributed by atoms with E-state index in [1.807, 2.05) is 12.4 Å². The average molecular weight is 233 g/mol. The molecule has 1 N–H and O–H groups in total. The lowest BCUT2D eigenvalue weighted by molar-refractivity contribution is 0.328. The highest BCUT2D eigenvalue weighted by Gasteiger charge is 2.10. The first kappa shape index (κ1) is 12.5. The standard InChI is InChI=1S/C14H23N3/c1-13(14-5-8-15-9-6-14)16-7-4-12-17-10-2-3-11-17/h5-6,8-9,13,16H,2-4,7,10-12H2,1H3. The third-order valence-corrected chi connectivity index (χ3v) is 3.51. The summed E-state index contributed by atoms with van der Waals surface area (Å²) in [4.78, 5) is 6.61. The van der Waals surface area contributed by atoms with E-state index in [0.717, 1.165) is 6.54 Å². The van der Waals surface area contributed by atoms with Gasteiger partial charge in [-0.05, 0) is 70.1 Å². The maximum atomic E-state index is 4.04. The van der Waals surface area contributed by atoms with Crippen molar-refractivity contribution in [3.8, 4) is 0 Å². The molecule has 1 aromatic heterocycles. The van der Waals surface area contributed by atoms with Crippen molar-refractivity contribution in [1.82, 2.24) is 15.2 Å². The maximum absolute atomic E-state index is 4.04. The van der Waals surface area contributed by atoms with Crippen molar-refractivity contribution in [2.45, 2.75) is 32.2 Å². The molecule has 0 amide bonds. The van der Waals surface area contributed by atoms with Crippen LogP contribution in [-0.4, -0.2) is 36.1 Å². The zero-order chi connectivity index (χ0) is 11.9. The number of pyridine rings is 1. The molecule has 0 bridgehead atoms. The number of aromatic nitrogens is 1. The number of nitrogens with zero attached hydrogens (tertiary/aromatic N) is 2. The van der Waals surface area contributed by atoms with Crippen LogP contribution in [0.3, 0.4) is 0 Å². The Labute approximate surface area is 104 Å². The summed E-state index contributed by atoms with van der Waals surface area (Å²) in [5.74, 6) is 0. The molecule has 1 saturated heterocycles. The Balaban J connectivity index is 1.61. The summed E-state index contributed by atoms with van der Waals surface area (Å²) >= 11 is 0. The molecule has 1 atom stereocenters. The molecule has 2 heterocycles. The zero-order valence-corrected chi connectivity index (χ0v) is 10.7. The summed E-state index contributed by atoms with van der Waals surface area (Å²) in [7, 11) is 0. The highest BCUT2D eigenvalue weighted by Crippen LogP contribution is 2.10. The van der Waals surface area contributed by atoms with E-state index in [1.165, 1.54) is 44.5 Å². The van der Waals surface area contributed by atoms with E-state index in [1.54, 1.807) is 0 Å². The number of nitrogens with one attached hydrogen (secondary N) is 1. The van der Waals surface area contributed by atoms with Crippen molar-refractivity contribution in [3.63, 3.8) is 0 Å². The Bertz CT molecular complexity index is 307. The second kappa shape index (κ2) is 6.72. The summed E-state index contributed by atoms with van der Waals surface area (Å²) in [5, 5.41) is 3.57. The van der Waals surface area contributed by atoms with Gasteiger partial charge in [0.25, 0.3) is 0 Å². The van der Waals surface area contributed by atoms with Gasteiger partial charge in [0.2, 0.25) is 0 Å². The minimum absolute atomic E-state index is 0.427. The van der Waals surface area contributed by atoms with Crippen LogP contribution >= 0.6 is 0 Å². The fourth-order valence-corrected chi connectivity index (χ4v) is 2.40. The van der Waals surface area contributed by atoms with Gasteiger partial charge in [0.15, 0.2) is 0 Å². The topological polar surface area (TPSA) is 28.2 Å². The van der Waals surface area contributed by atoms with Gasteiger partial charge in [-0.15, -0.1) is 0 Å². The smallest absolute Gasteiger partial charge is 0.0292 e. The van der Waals surface area contributed by atoms with Crippen LogP contribution in [0.2, 0.25) is 0 Å². The number of hydrogen-bond donors (Lipinski definition) is 1. The number of hydrogen-bond acceptors (Lipinski definition) is 3. The van der Waals surface area contributed by atoms with E-state index in [9.17, 15) is 0 Å². The van der Waals surface area contributed by atoms with Gasteiger partial charge in [-0.3, -0.25) is 4.98 Å². The Kier molecular flexibility index (Phi) is 4.95. The van der Waals surface area contributed by atoms with E-state index in [2.05, 4.69) is 34.3 Å². The highest BCUT2D eigenvalue weighted by molar-refractivity contribution is 5.13. The molecule has 94 valence electrons. The lowest BCUT2D eigenvalue weighted by Crippen LogP contribution is -2.26. The monoisotopic (exact) mass is 233 g/mol. The molecule has 3 nitrogen and oxygen atoms in total. The van der Waals surface area contributed by atoms with Crippen molar-refractivity contribution in [2.24, 2.45) is 0 Å². The fraction of sp³-hybridized carbons (Fsp3) is 0.643. The van der Waals surface area contributed by atoms with Gasteiger partial charge in [-0.25, -0.2) is 0 Å². The molecule has 1 aromatic rings. The van der Waals surface area contributed by atoms with Gasteiger partial charge in [0, 0.05) is 18.4 Å². The van der Waals surface area contributed by atoms with Crippen LogP contribution in [0.4, 0.5) is 0 Å². The van der Waals surface area contributed by atoms with Crippen molar-refractivity contribution in [2.75, 3.05) is 26.2 Å². The summed E-state index contributed by atoms with van der Waals surface area (Å²) in [6.45, 7) is 7.17. The Morgan fingerprint density at radius 3 is 2.71 bits per heavy atom. The lowest BCUT2D eigenvalue weighted by Gasteiger charge is -2.17. The van der Waals surface area contributed by atoms with Crippen LogP contribution in [0.15, 0.2) is 24.5 Å². The second-order valence-corrected chi connectivity index (χ2v) is 4.86. The van der Waals surface area contributed by atoms with Crippen LogP contribution in [0.5, 0.6) is 0 Å². The first-order chi connectivity index (χ1) is 8.36. The Morgan fingerprint density at radius 1 is 1.29 bits per heavy atom. The first-order valence-corrected chi connectivity index (χ1v) is 6.72. The van der Waals surface area contributed by atoms with Gasteiger partial charge < -0.3 is 10.2 Å². The van der Waals surface area contributed by atoms with E-state index in [-0.39, 0.29) is 0 Å². The van der Waals surface area contributed by atoms with Gasteiger partial charge in [0.05, 0.1) is 0 Å². The van der Waals surface area contributed by atoms with Crippen LogP contribution in [0, 0.1) is 0 Å².